The lowest BCUT2D eigenvalue weighted by Crippen LogP contribution is -2.41. The number of anilines is 1. The smallest absolute Gasteiger partial charge is 0.338 e. The van der Waals surface area contributed by atoms with Crippen LogP contribution in [0.25, 0.3) is 0 Å². The summed E-state index contributed by atoms with van der Waals surface area (Å²) in [6.45, 7) is 7.09. The molecule has 0 radical (unpaired) electrons. The number of hydrogen-bond acceptors (Lipinski definition) is 5. The van der Waals surface area contributed by atoms with Crippen molar-refractivity contribution in [3.05, 3.63) is 29.8 Å². The molecule has 132 valence electrons. The first-order chi connectivity index (χ1) is 11.6. The highest BCUT2D eigenvalue weighted by Crippen LogP contribution is 2.14. The number of esters is 1. The molecule has 1 N–H and O–H groups in total. The summed E-state index contributed by atoms with van der Waals surface area (Å²) in [4.78, 5) is 26.3. The molecule has 6 nitrogen and oxygen atoms in total. The van der Waals surface area contributed by atoms with Crippen LogP contribution in [-0.2, 0) is 14.3 Å². The van der Waals surface area contributed by atoms with Crippen LogP contribution in [0.5, 0.6) is 0 Å². The van der Waals surface area contributed by atoms with Crippen LogP contribution in [-0.4, -0.2) is 55.7 Å². The number of amides is 1. The predicted octanol–water partition coefficient (Wildman–Crippen LogP) is 2.30. The van der Waals surface area contributed by atoms with E-state index >= 15 is 0 Å². The third kappa shape index (κ3) is 5.94. The van der Waals surface area contributed by atoms with E-state index in [-0.39, 0.29) is 18.0 Å². The van der Waals surface area contributed by atoms with Crippen LogP contribution >= 0.6 is 0 Å². The van der Waals surface area contributed by atoms with Gasteiger partial charge in [-0.3, -0.25) is 9.69 Å². The van der Waals surface area contributed by atoms with Gasteiger partial charge in [0.15, 0.2) is 0 Å². The van der Waals surface area contributed by atoms with Crippen LogP contribution in [0.1, 0.15) is 37.0 Å². The molecular formula is C18H26N2O4. The molecule has 1 atom stereocenters. The monoisotopic (exact) mass is 334 g/mol. The van der Waals surface area contributed by atoms with Crippen LogP contribution in [0.2, 0.25) is 0 Å². The van der Waals surface area contributed by atoms with Crippen molar-refractivity contribution in [1.82, 2.24) is 4.90 Å². The fourth-order valence-corrected chi connectivity index (χ4v) is 2.60. The first kappa shape index (κ1) is 18.4. The Hall–Kier alpha value is -1.92. The SMILES string of the molecule is CCC[C@H](C)OC(=O)c1cccc(NC(=O)CN2CCOCC2)c1. The van der Waals surface area contributed by atoms with Gasteiger partial charge in [0.2, 0.25) is 5.91 Å². The average Bonchev–Trinajstić information content (AvgIpc) is 2.56. The molecule has 1 aromatic carbocycles. The van der Waals surface area contributed by atoms with Gasteiger partial charge in [-0.2, -0.15) is 0 Å². The van der Waals surface area contributed by atoms with Crippen LogP contribution in [0, 0.1) is 0 Å². The van der Waals surface area contributed by atoms with Gasteiger partial charge in [0.05, 0.1) is 31.4 Å². The molecule has 0 bridgehead atoms. The molecule has 6 heteroatoms. The van der Waals surface area contributed by atoms with Crippen LogP contribution < -0.4 is 5.32 Å². The van der Waals surface area contributed by atoms with E-state index < -0.39 is 0 Å². The van der Waals surface area contributed by atoms with Crippen molar-refractivity contribution in [2.45, 2.75) is 32.8 Å². The molecule has 0 unspecified atom stereocenters. The summed E-state index contributed by atoms with van der Waals surface area (Å²) in [5, 5.41) is 2.83. The Morgan fingerprint density at radius 1 is 1.33 bits per heavy atom. The Labute approximate surface area is 143 Å². The maximum atomic E-state index is 12.1. The van der Waals surface area contributed by atoms with E-state index in [2.05, 4.69) is 12.2 Å². The number of nitrogens with zero attached hydrogens (tertiary/aromatic N) is 1. The van der Waals surface area contributed by atoms with E-state index in [0.29, 0.717) is 31.0 Å². The maximum Gasteiger partial charge on any atom is 0.338 e. The minimum atomic E-state index is -0.361. The summed E-state index contributed by atoms with van der Waals surface area (Å²) >= 11 is 0. The van der Waals surface area contributed by atoms with Crippen molar-refractivity contribution >= 4 is 17.6 Å². The third-order valence-corrected chi connectivity index (χ3v) is 3.86. The summed E-state index contributed by atoms with van der Waals surface area (Å²) in [5.74, 6) is -0.456. The van der Waals surface area contributed by atoms with Gasteiger partial charge >= 0.3 is 5.97 Å². The van der Waals surface area contributed by atoms with E-state index in [4.69, 9.17) is 9.47 Å². The quantitative estimate of drug-likeness (QED) is 0.775. The third-order valence-electron chi connectivity index (χ3n) is 3.86. The van der Waals surface area contributed by atoms with Gasteiger partial charge in [-0.25, -0.2) is 4.79 Å². The Balaban J connectivity index is 1.89. The molecule has 0 spiro atoms. The Morgan fingerprint density at radius 3 is 2.79 bits per heavy atom. The number of morpholine rings is 1. The van der Waals surface area contributed by atoms with Gasteiger partial charge in [-0.05, 0) is 31.5 Å². The molecule has 1 heterocycles. The number of carbonyl (C=O) groups is 2. The summed E-state index contributed by atoms with van der Waals surface area (Å²) in [7, 11) is 0. The van der Waals surface area contributed by atoms with E-state index in [0.717, 1.165) is 25.9 Å². The van der Waals surface area contributed by atoms with E-state index in [1.54, 1.807) is 24.3 Å². The summed E-state index contributed by atoms with van der Waals surface area (Å²) in [6, 6.07) is 6.85. The Morgan fingerprint density at radius 2 is 2.08 bits per heavy atom. The number of rotatable bonds is 7. The largest absolute Gasteiger partial charge is 0.459 e. The van der Waals surface area contributed by atoms with Gasteiger partial charge in [-0.15, -0.1) is 0 Å². The fourth-order valence-electron chi connectivity index (χ4n) is 2.60. The van der Waals surface area contributed by atoms with Crippen molar-refractivity contribution < 1.29 is 19.1 Å². The van der Waals surface area contributed by atoms with Crippen molar-refractivity contribution in [3.63, 3.8) is 0 Å². The lowest BCUT2D eigenvalue weighted by atomic mass is 10.2. The molecule has 0 aliphatic carbocycles. The minimum absolute atomic E-state index is 0.0956. The predicted molar refractivity (Wildman–Crippen MR) is 92.1 cm³/mol. The number of carbonyl (C=O) groups excluding carboxylic acids is 2. The summed E-state index contributed by atoms with van der Waals surface area (Å²) in [5.41, 5.74) is 1.05. The first-order valence-corrected chi connectivity index (χ1v) is 8.49. The minimum Gasteiger partial charge on any atom is -0.459 e. The van der Waals surface area contributed by atoms with Crippen LogP contribution in [0.3, 0.4) is 0 Å². The fraction of sp³-hybridized carbons (Fsp3) is 0.556. The van der Waals surface area contributed by atoms with Crippen molar-refractivity contribution in [3.8, 4) is 0 Å². The zero-order chi connectivity index (χ0) is 17.4. The van der Waals surface area contributed by atoms with Crippen LogP contribution in [0.15, 0.2) is 24.3 Å². The van der Waals surface area contributed by atoms with Crippen LogP contribution in [0.4, 0.5) is 5.69 Å². The van der Waals surface area contributed by atoms with Gasteiger partial charge < -0.3 is 14.8 Å². The highest BCUT2D eigenvalue weighted by molar-refractivity contribution is 5.95. The molecule has 1 amide bonds. The standard InChI is InChI=1S/C18H26N2O4/c1-3-5-14(2)24-18(22)15-6-4-7-16(12-15)19-17(21)13-20-8-10-23-11-9-20/h4,6-7,12,14H,3,5,8-11,13H2,1-2H3,(H,19,21)/t14-/m0/s1. The van der Waals surface area contributed by atoms with Gasteiger partial charge in [0, 0.05) is 18.8 Å². The molecular weight excluding hydrogens is 308 g/mol. The number of nitrogens with one attached hydrogen (secondary N) is 1. The number of hydrogen-bond donors (Lipinski definition) is 1. The maximum absolute atomic E-state index is 12.1. The second-order valence-electron chi connectivity index (χ2n) is 6.02. The molecule has 24 heavy (non-hydrogen) atoms. The topological polar surface area (TPSA) is 67.9 Å². The highest BCUT2D eigenvalue weighted by Gasteiger charge is 2.15. The average molecular weight is 334 g/mol. The Bertz CT molecular complexity index is 556. The highest BCUT2D eigenvalue weighted by atomic mass is 16.5. The van der Waals surface area contributed by atoms with E-state index in [1.807, 2.05) is 11.8 Å². The lowest BCUT2D eigenvalue weighted by Gasteiger charge is -2.25. The summed E-state index contributed by atoms with van der Waals surface area (Å²) in [6.07, 6.45) is 1.69. The van der Waals surface area contributed by atoms with Crippen molar-refractivity contribution in [1.29, 1.82) is 0 Å². The second kappa shape index (κ2) is 9.39. The molecule has 0 saturated carbocycles. The second-order valence-corrected chi connectivity index (χ2v) is 6.02. The Kier molecular flexibility index (Phi) is 7.21. The summed E-state index contributed by atoms with van der Waals surface area (Å²) < 4.78 is 10.7. The van der Waals surface area contributed by atoms with E-state index in [9.17, 15) is 9.59 Å². The van der Waals surface area contributed by atoms with Crippen molar-refractivity contribution in [2.75, 3.05) is 38.2 Å². The van der Waals surface area contributed by atoms with Gasteiger partial charge in [0.25, 0.3) is 0 Å². The van der Waals surface area contributed by atoms with E-state index in [1.165, 1.54) is 0 Å². The number of ether oxygens (including phenoxy) is 2. The molecule has 1 aliphatic heterocycles. The molecule has 1 aromatic rings. The molecule has 1 saturated heterocycles. The van der Waals surface area contributed by atoms with Gasteiger partial charge in [-0.1, -0.05) is 19.4 Å². The van der Waals surface area contributed by atoms with Crippen molar-refractivity contribution in [2.24, 2.45) is 0 Å². The molecule has 0 aromatic heterocycles. The lowest BCUT2D eigenvalue weighted by molar-refractivity contribution is -0.118. The molecule has 1 fully saturated rings. The zero-order valence-corrected chi connectivity index (χ0v) is 14.4. The molecule has 1 aliphatic rings. The molecule has 2 rings (SSSR count). The number of benzene rings is 1. The zero-order valence-electron chi connectivity index (χ0n) is 14.4. The first-order valence-electron chi connectivity index (χ1n) is 8.49. The van der Waals surface area contributed by atoms with Gasteiger partial charge in [0.1, 0.15) is 0 Å². The normalized spacial score (nSPS) is 16.4.